The minimum atomic E-state index is -0.570. The third-order valence-corrected chi connectivity index (χ3v) is 5.84. The van der Waals surface area contributed by atoms with Gasteiger partial charge in [-0.15, -0.1) is 10.2 Å². The normalized spacial score (nSPS) is 13.7. The molecule has 1 aromatic heterocycles. The van der Waals surface area contributed by atoms with Crippen LogP contribution in [0.15, 0.2) is 48.5 Å². The number of ether oxygens (including phenoxy) is 2. The van der Waals surface area contributed by atoms with Gasteiger partial charge in [-0.3, -0.25) is 4.79 Å². The van der Waals surface area contributed by atoms with Crippen LogP contribution in [-0.2, 0) is 4.79 Å². The fraction of sp³-hybridized carbons (Fsp3) is 0.261. The van der Waals surface area contributed by atoms with Crippen LogP contribution >= 0.6 is 23.2 Å². The summed E-state index contributed by atoms with van der Waals surface area (Å²) in [4.78, 5) is 16.3. The number of aromatic nitrogens is 2. The molecule has 33 heavy (non-hydrogen) atoms. The van der Waals surface area contributed by atoms with Gasteiger partial charge in [0.15, 0.2) is 18.2 Å². The summed E-state index contributed by atoms with van der Waals surface area (Å²) < 4.78 is 24.0. The Morgan fingerprint density at radius 2 is 1.76 bits per heavy atom. The van der Waals surface area contributed by atoms with Crippen molar-refractivity contribution in [3.63, 3.8) is 0 Å². The zero-order valence-electron chi connectivity index (χ0n) is 17.8. The first-order chi connectivity index (χ1) is 15.9. The largest absolute Gasteiger partial charge is 0.497 e. The Kier molecular flexibility index (Phi) is 7.15. The van der Waals surface area contributed by atoms with Crippen molar-refractivity contribution in [2.24, 2.45) is 0 Å². The number of benzene rings is 2. The summed E-state index contributed by atoms with van der Waals surface area (Å²) in [7, 11) is 1.62. The lowest BCUT2D eigenvalue weighted by Gasteiger charge is -2.35. The molecular weight excluding hydrogens is 470 g/mol. The van der Waals surface area contributed by atoms with Gasteiger partial charge in [0.05, 0.1) is 22.8 Å². The summed E-state index contributed by atoms with van der Waals surface area (Å²) in [5.74, 6) is 0.824. The van der Waals surface area contributed by atoms with E-state index in [2.05, 4.69) is 15.1 Å². The molecule has 0 bridgehead atoms. The molecule has 7 nitrogen and oxygen atoms in total. The van der Waals surface area contributed by atoms with Crippen molar-refractivity contribution in [2.75, 3.05) is 44.8 Å². The van der Waals surface area contributed by atoms with Crippen molar-refractivity contribution >= 4 is 34.9 Å². The number of halogens is 3. The van der Waals surface area contributed by atoms with Gasteiger partial charge in [-0.05, 0) is 36.4 Å². The van der Waals surface area contributed by atoms with E-state index in [4.69, 9.17) is 32.7 Å². The molecule has 3 aromatic rings. The van der Waals surface area contributed by atoms with Crippen LogP contribution < -0.4 is 14.4 Å². The van der Waals surface area contributed by atoms with E-state index in [0.29, 0.717) is 26.2 Å². The Hall–Kier alpha value is -3.10. The second kappa shape index (κ2) is 10.2. The van der Waals surface area contributed by atoms with E-state index in [1.54, 1.807) is 12.0 Å². The van der Waals surface area contributed by atoms with Crippen LogP contribution in [0.4, 0.5) is 10.2 Å². The number of rotatable bonds is 6. The third-order valence-electron chi connectivity index (χ3n) is 5.28. The number of hydrogen-bond acceptors (Lipinski definition) is 6. The highest BCUT2D eigenvalue weighted by atomic mass is 35.5. The van der Waals surface area contributed by atoms with Crippen molar-refractivity contribution in [2.45, 2.75) is 0 Å². The molecule has 2 heterocycles. The molecule has 1 amide bonds. The first kappa shape index (κ1) is 23.1. The predicted molar refractivity (Wildman–Crippen MR) is 125 cm³/mol. The topological polar surface area (TPSA) is 67.8 Å². The SMILES string of the molecule is COc1cccc(-c2ccc(N3CCN(C(=O)COc4c(Cl)cc(F)cc4Cl)CC3)nn2)c1. The minimum absolute atomic E-state index is 0.0218. The molecule has 172 valence electrons. The molecule has 0 saturated carbocycles. The van der Waals surface area contributed by atoms with Gasteiger partial charge < -0.3 is 19.3 Å². The zero-order chi connectivity index (χ0) is 23.4. The van der Waals surface area contributed by atoms with E-state index in [1.165, 1.54) is 0 Å². The number of amides is 1. The quantitative estimate of drug-likeness (QED) is 0.512. The summed E-state index contributed by atoms with van der Waals surface area (Å²) >= 11 is 11.9. The summed E-state index contributed by atoms with van der Waals surface area (Å²) in [6.45, 7) is 1.99. The maximum absolute atomic E-state index is 13.3. The summed E-state index contributed by atoms with van der Waals surface area (Å²) in [5.41, 5.74) is 1.67. The molecule has 10 heteroatoms. The van der Waals surface area contributed by atoms with E-state index >= 15 is 0 Å². The van der Waals surface area contributed by atoms with E-state index in [0.717, 1.165) is 35.0 Å². The lowest BCUT2D eigenvalue weighted by molar-refractivity contribution is -0.133. The fourth-order valence-corrected chi connectivity index (χ4v) is 4.08. The minimum Gasteiger partial charge on any atom is -0.497 e. The number of methoxy groups -OCH3 is 1. The van der Waals surface area contributed by atoms with Gasteiger partial charge in [0.25, 0.3) is 5.91 Å². The van der Waals surface area contributed by atoms with Crippen LogP contribution in [0.25, 0.3) is 11.3 Å². The van der Waals surface area contributed by atoms with Crippen molar-refractivity contribution in [3.05, 3.63) is 64.4 Å². The highest BCUT2D eigenvalue weighted by molar-refractivity contribution is 6.37. The maximum Gasteiger partial charge on any atom is 0.260 e. The van der Waals surface area contributed by atoms with Gasteiger partial charge in [0.1, 0.15) is 11.6 Å². The first-order valence-electron chi connectivity index (χ1n) is 10.2. The van der Waals surface area contributed by atoms with Gasteiger partial charge in [-0.1, -0.05) is 35.3 Å². The molecule has 0 unspecified atom stereocenters. The highest BCUT2D eigenvalue weighted by Gasteiger charge is 2.23. The standard InChI is InChI=1S/C23H21Cl2FN4O3/c1-32-17-4-2-3-15(11-17)20-5-6-21(28-27-20)29-7-9-30(10-8-29)22(31)14-33-23-18(24)12-16(26)13-19(23)25/h2-6,11-13H,7-10,14H2,1H3. The molecular formula is C23H21Cl2FN4O3. The van der Waals surface area contributed by atoms with Crippen LogP contribution in [0, 0.1) is 5.82 Å². The molecule has 0 aliphatic carbocycles. The van der Waals surface area contributed by atoms with Gasteiger partial charge in [-0.2, -0.15) is 0 Å². The second-order valence-corrected chi connectivity index (χ2v) is 8.18. The molecule has 4 rings (SSSR count). The summed E-state index contributed by atoms with van der Waals surface area (Å²) in [6, 6.07) is 13.6. The Labute approximate surface area is 200 Å². The van der Waals surface area contributed by atoms with Crippen LogP contribution in [0.2, 0.25) is 10.0 Å². The smallest absolute Gasteiger partial charge is 0.260 e. The molecule has 1 aliphatic rings. The van der Waals surface area contributed by atoms with Crippen LogP contribution in [0.1, 0.15) is 0 Å². The lowest BCUT2D eigenvalue weighted by atomic mass is 10.1. The van der Waals surface area contributed by atoms with E-state index in [1.807, 2.05) is 36.4 Å². The Balaban J connectivity index is 1.31. The first-order valence-corrected chi connectivity index (χ1v) is 11.0. The van der Waals surface area contributed by atoms with E-state index in [-0.39, 0.29) is 28.3 Å². The Bertz CT molecular complexity index is 1120. The molecule has 2 aromatic carbocycles. The number of anilines is 1. The van der Waals surface area contributed by atoms with Crippen LogP contribution in [0.3, 0.4) is 0 Å². The van der Waals surface area contributed by atoms with Gasteiger partial charge in [0.2, 0.25) is 0 Å². The molecule has 0 N–H and O–H groups in total. The van der Waals surface area contributed by atoms with E-state index < -0.39 is 5.82 Å². The molecule has 0 radical (unpaired) electrons. The average molecular weight is 491 g/mol. The molecule has 1 saturated heterocycles. The monoisotopic (exact) mass is 490 g/mol. The Morgan fingerprint density at radius 1 is 1.03 bits per heavy atom. The predicted octanol–water partition coefficient (Wildman–Crippen LogP) is 4.33. The molecule has 0 spiro atoms. The third kappa shape index (κ3) is 5.46. The number of carbonyl (C=O) groups is 1. The average Bonchev–Trinajstić information content (AvgIpc) is 2.83. The maximum atomic E-state index is 13.3. The molecule has 1 aliphatic heterocycles. The van der Waals surface area contributed by atoms with Crippen molar-refractivity contribution in [3.8, 4) is 22.8 Å². The van der Waals surface area contributed by atoms with E-state index in [9.17, 15) is 9.18 Å². The number of carbonyl (C=O) groups excluding carboxylic acids is 1. The van der Waals surface area contributed by atoms with Gasteiger partial charge in [-0.25, -0.2) is 4.39 Å². The van der Waals surface area contributed by atoms with Crippen molar-refractivity contribution in [1.29, 1.82) is 0 Å². The second-order valence-electron chi connectivity index (χ2n) is 7.36. The number of nitrogens with zero attached hydrogens (tertiary/aromatic N) is 4. The number of piperazine rings is 1. The zero-order valence-corrected chi connectivity index (χ0v) is 19.3. The number of hydrogen-bond donors (Lipinski definition) is 0. The van der Waals surface area contributed by atoms with Crippen molar-refractivity contribution in [1.82, 2.24) is 15.1 Å². The molecule has 0 atom stereocenters. The lowest BCUT2D eigenvalue weighted by Crippen LogP contribution is -2.50. The van der Waals surface area contributed by atoms with Crippen molar-refractivity contribution < 1.29 is 18.7 Å². The van der Waals surface area contributed by atoms with Gasteiger partial charge >= 0.3 is 0 Å². The summed E-state index contributed by atoms with van der Waals surface area (Å²) in [6.07, 6.45) is 0. The molecule has 1 fully saturated rings. The van der Waals surface area contributed by atoms with Gasteiger partial charge in [0, 0.05) is 31.7 Å². The Morgan fingerprint density at radius 3 is 2.39 bits per heavy atom. The fourth-order valence-electron chi connectivity index (χ4n) is 3.51. The summed E-state index contributed by atoms with van der Waals surface area (Å²) in [5, 5.41) is 8.74. The van der Waals surface area contributed by atoms with Crippen LogP contribution in [-0.4, -0.2) is 60.9 Å². The highest BCUT2D eigenvalue weighted by Crippen LogP contribution is 2.33. The van der Waals surface area contributed by atoms with Crippen LogP contribution in [0.5, 0.6) is 11.5 Å².